The van der Waals surface area contributed by atoms with E-state index in [9.17, 15) is 0 Å². The van der Waals surface area contributed by atoms with Crippen molar-refractivity contribution in [2.45, 2.75) is 37.0 Å². The molecule has 0 N–H and O–H groups in total. The first-order valence-corrected chi connectivity index (χ1v) is 7.59. The van der Waals surface area contributed by atoms with Crippen molar-refractivity contribution in [1.82, 2.24) is 0 Å². The summed E-state index contributed by atoms with van der Waals surface area (Å²) >= 11 is 0. The minimum absolute atomic E-state index is 0.380. The second-order valence-corrected chi connectivity index (χ2v) is 5.31. The zero-order valence-electron chi connectivity index (χ0n) is 14.2. The molecule has 0 bridgehead atoms. The monoisotopic (exact) mass is 330 g/mol. The molecule has 2 aliphatic heterocycles. The van der Waals surface area contributed by atoms with E-state index in [-0.39, 0.29) is 12.6 Å². The topological polar surface area (TPSA) is 64.6 Å². The largest absolute Gasteiger partial charge is 0.381 e. The van der Waals surface area contributed by atoms with Crippen molar-refractivity contribution in [2.75, 3.05) is 41.7 Å². The number of ether oxygens (including phenoxy) is 7. The molecule has 0 saturated heterocycles. The van der Waals surface area contributed by atoms with Gasteiger partial charge in [-0.25, -0.2) is 0 Å². The molecule has 2 heterocycles. The van der Waals surface area contributed by atoms with Crippen molar-refractivity contribution in [3.63, 3.8) is 0 Å². The molecule has 2 rings (SSSR count). The Bertz CT molecular complexity index is 387. The van der Waals surface area contributed by atoms with E-state index in [1.54, 1.807) is 28.4 Å². The minimum Gasteiger partial charge on any atom is -0.381 e. The molecule has 0 aromatic heterocycles. The van der Waals surface area contributed by atoms with Gasteiger partial charge in [-0.1, -0.05) is 0 Å². The predicted molar refractivity (Wildman–Crippen MR) is 81.6 cm³/mol. The van der Waals surface area contributed by atoms with Crippen LogP contribution in [0.25, 0.3) is 0 Å². The predicted octanol–water partition coefficient (Wildman–Crippen LogP) is 1.59. The SMILES string of the molecule is COC1C=CC(CCOCCC2(OC)C=CC(OC)O2)(OC)O1. The van der Waals surface area contributed by atoms with Crippen LogP contribution in [-0.4, -0.2) is 65.8 Å². The van der Waals surface area contributed by atoms with E-state index in [2.05, 4.69) is 0 Å². The van der Waals surface area contributed by atoms with Crippen LogP contribution in [0.5, 0.6) is 0 Å². The van der Waals surface area contributed by atoms with Gasteiger partial charge in [-0.15, -0.1) is 0 Å². The first-order valence-electron chi connectivity index (χ1n) is 7.59. The third-order valence-corrected chi connectivity index (χ3v) is 3.99. The van der Waals surface area contributed by atoms with Crippen LogP contribution in [0.3, 0.4) is 0 Å². The molecule has 0 fully saturated rings. The fourth-order valence-electron chi connectivity index (χ4n) is 2.51. The van der Waals surface area contributed by atoms with E-state index in [1.807, 2.05) is 24.3 Å². The van der Waals surface area contributed by atoms with E-state index in [4.69, 9.17) is 33.2 Å². The summed E-state index contributed by atoms with van der Waals surface area (Å²) in [4.78, 5) is 0. The highest BCUT2D eigenvalue weighted by molar-refractivity contribution is 5.05. The average Bonchev–Trinajstić information content (AvgIpc) is 3.20. The molecular formula is C16H26O7. The third kappa shape index (κ3) is 4.60. The van der Waals surface area contributed by atoms with Gasteiger partial charge in [-0.05, 0) is 24.3 Å². The summed E-state index contributed by atoms with van der Waals surface area (Å²) in [7, 11) is 6.38. The number of hydrogen-bond acceptors (Lipinski definition) is 7. The van der Waals surface area contributed by atoms with Gasteiger partial charge in [0.15, 0.2) is 24.2 Å². The second kappa shape index (κ2) is 8.34. The highest BCUT2D eigenvalue weighted by atomic mass is 16.8. The van der Waals surface area contributed by atoms with Gasteiger partial charge in [0.2, 0.25) is 0 Å². The van der Waals surface area contributed by atoms with Crippen molar-refractivity contribution in [3.05, 3.63) is 24.3 Å². The van der Waals surface area contributed by atoms with E-state index in [0.29, 0.717) is 26.1 Å². The summed E-state index contributed by atoms with van der Waals surface area (Å²) in [6.45, 7) is 0.956. The average molecular weight is 330 g/mol. The van der Waals surface area contributed by atoms with Gasteiger partial charge >= 0.3 is 0 Å². The van der Waals surface area contributed by atoms with E-state index < -0.39 is 11.6 Å². The summed E-state index contributed by atoms with van der Waals surface area (Å²) < 4.78 is 38.2. The van der Waals surface area contributed by atoms with Gasteiger partial charge in [-0.2, -0.15) is 0 Å². The maximum atomic E-state index is 5.68. The molecule has 0 aromatic rings. The second-order valence-electron chi connectivity index (χ2n) is 5.31. The molecule has 0 saturated carbocycles. The molecule has 23 heavy (non-hydrogen) atoms. The Labute approximate surface area is 137 Å². The van der Waals surface area contributed by atoms with E-state index in [0.717, 1.165) is 0 Å². The zero-order chi connectivity index (χ0) is 16.8. The van der Waals surface area contributed by atoms with Crippen molar-refractivity contribution in [2.24, 2.45) is 0 Å². The molecule has 7 nitrogen and oxygen atoms in total. The molecular weight excluding hydrogens is 304 g/mol. The lowest BCUT2D eigenvalue weighted by Gasteiger charge is -2.28. The summed E-state index contributed by atoms with van der Waals surface area (Å²) in [5, 5.41) is 0. The van der Waals surface area contributed by atoms with Crippen molar-refractivity contribution in [3.8, 4) is 0 Å². The summed E-state index contributed by atoms with van der Waals surface area (Å²) in [6, 6.07) is 0. The Balaban J connectivity index is 1.69. The molecule has 0 aromatic carbocycles. The van der Waals surface area contributed by atoms with Gasteiger partial charge < -0.3 is 33.2 Å². The Kier molecular flexibility index (Phi) is 6.72. The van der Waals surface area contributed by atoms with Crippen LogP contribution in [0, 0.1) is 0 Å². The fourth-order valence-corrected chi connectivity index (χ4v) is 2.51. The van der Waals surface area contributed by atoms with Crippen molar-refractivity contribution < 1.29 is 33.2 Å². The lowest BCUT2D eigenvalue weighted by Crippen LogP contribution is -2.35. The lowest BCUT2D eigenvalue weighted by molar-refractivity contribution is -0.253. The van der Waals surface area contributed by atoms with E-state index >= 15 is 0 Å². The Morgan fingerprint density at radius 1 is 0.783 bits per heavy atom. The fraction of sp³-hybridized carbons (Fsp3) is 0.750. The van der Waals surface area contributed by atoms with Crippen LogP contribution in [-0.2, 0) is 33.2 Å². The lowest BCUT2D eigenvalue weighted by atomic mass is 10.2. The number of hydrogen-bond donors (Lipinski definition) is 0. The molecule has 0 radical (unpaired) electrons. The molecule has 4 atom stereocenters. The van der Waals surface area contributed by atoms with Gasteiger partial charge in [-0.3, -0.25) is 0 Å². The van der Waals surface area contributed by atoms with E-state index in [1.165, 1.54) is 0 Å². The van der Waals surface area contributed by atoms with Gasteiger partial charge in [0.1, 0.15) is 0 Å². The van der Waals surface area contributed by atoms with Crippen molar-refractivity contribution >= 4 is 0 Å². The smallest absolute Gasteiger partial charge is 0.193 e. The molecule has 132 valence electrons. The highest BCUT2D eigenvalue weighted by Gasteiger charge is 2.37. The first kappa shape index (κ1) is 18.5. The molecule has 7 heteroatoms. The van der Waals surface area contributed by atoms with Gasteiger partial charge in [0.05, 0.1) is 13.2 Å². The third-order valence-electron chi connectivity index (χ3n) is 3.99. The highest BCUT2D eigenvalue weighted by Crippen LogP contribution is 2.29. The first-order chi connectivity index (χ1) is 11.1. The summed E-state index contributed by atoms with van der Waals surface area (Å²) in [6.07, 6.45) is 7.73. The number of rotatable bonds is 10. The minimum atomic E-state index is -0.787. The Morgan fingerprint density at radius 3 is 1.52 bits per heavy atom. The van der Waals surface area contributed by atoms with Crippen LogP contribution >= 0.6 is 0 Å². The standard InChI is InChI=1S/C16H26O7/c1-17-13-5-7-15(19-3,22-13)9-11-21-12-10-16(20-4)8-6-14(18-2)23-16/h5-8,13-14H,9-12H2,1-4H3. The normalized spacial score (nSPS) is 36.2. The Morgan fingerprint density at radius 2 is 1.22 bits per heavy atom. The summed E-state index contributed by atoms with van der Waals surface area (Å²) in [5.74, 6) is -1.57. The van der Waals surface area contributed by atoms with Crippen LogP contribution in [0.4, 0.5) is 0 Å². The molecule has 0 spiro atoms. The van der Waals surface area contributed by atoms with Gasteiger partial charge in [0, 0.05) is 41.3 Å². The molecule has 4 unspecified atom stereocenters. The van der Waals surface area contributed by atoms with Crippen LogP contribution in [0.2, 0.25) is 0 Å². The van der Waals surface area contributed by atoms with Crippen LogP contribution in [0.15, 0.2) is 24.3 Å². The maximum absolute atomic E-state index is 5.68. The molecule has 2 aliphatic rings. The Hall–Kier alpha value is -0.800. The molecule has 0 amide bonds. The van der Waals surface area contributed by atoms with Gasteiger partial charge in [0.25, 0.3) is 0 Å². The van der Waals surface area contributed by atoms with Crippen LogP contribution < -0.4 is 0 Å². The number of methoxy groups -OCH3 is 4. The van der Waals surface area contributed by atoms with Crippen LogP contribution in [0.1, 0.15) is 12.8 Å². The van der Waals surface area contributed by atoms with Crippen molar-refractivity contribution in [1.29, 1.82) is 0 Å². The quantitative estimate of drug-likeness (QED) is 0.445. The maximum Gasteiger partial charge on any atom is 0.193 e. The zero-order valence-corrected chi connectivity index (χ0v) is 14.2. The molecule has 0 aliphatic carbocycles. The summed E-state index contributed by atoms with van der Waals surface area (Å²) in [5.41, 5.74) is 0.